The minimum atomic E-state index is -0.242. The van der Waals surface area contributed by atoms with E-state index in [2.05, 4.69) is 37.8 Å². The summed E-state index contributed by atoms with van der Waals surface area (Å²) in [6, 6.07) is 25.6. The van der Waals surface area contributed by atoms with Gasteiger partial charge in [-0.1, -0.05) is 58.4 Å². The molecule has 0 fully saturated rings. The van der Waals surface area contributed by atoms with Crippen molar-refractivity contribution in [2.45, 2.75) is 0 Å². The lowest BCUT2D eigenvalue weighted by Gasteiger charge is -2.06. The summed E-state index contributed by atoms with van der Waals surface area (Å²) in [5, 5.41) is 9.34. The maximum atomic E-state index is 12.0. The molecule has 0 atom stereocenters. The monoisotopic (exact) mass is 447 g/mol. The Balaban J connectivity index is 1.30. The van der Waals surface area contributed by atoms with Crippen LogP contribution in [0.25, 0.3) is 22.1 Å². The van der Waals surface area contributed by atoms with Crippen molar-refractivity contribution in [3.63, 3.8) is 0 Å². The molecular formula is C23H18BrN3O2. The zero-order chi connectivity index (χ0) is 20.1. The van der Waals surface area contributed by atoms with Crippen molar-refractivity contribution >= 4 is 44.5 Å². The van der Waals surface area contributed by atoms with Crippen LogP contribution in [0.1, 0.15) is 5.76 Å². The SMILES string of the molecule is O=C(CNc1ccc2ccccc2c1)NN=Cc1ccc(-c2ccc(Br)cc2)o1. The molecule has 5 nitrogen and oxygen atoms in total. The first-order valence-corrected chi connectivity index (χ1v) is 9.87. The Morgan fingerprint density at radius 2 is 1.76 bits per heavy atom. The summed E-state index contributed by atoms with van der Waals surface area (Å²) < 4.78 is 6.74. The second kappa shape index (κ2) is 8.75. The predicted molar refractivity (Wildman–Crippen MR) is 120 cm³/mol. The molecule has 1 aromatic heterocycles. The first-order chi connectivity index (χ1) is 14.2. The van der Waals surface area contributed by atoms with Gasteiger partial charge >= 0.3 is 0 Å². The highest BCUT2D eigenvalue weighted by molar-refractivity contribution is 9.10. The molecule has 3 aromatic carbocycles. The van der Waals surface area contributed by atoms with Crippen LogP contribution in [0.3, 0.4) is 0 Å². The zero-order valence-corrected chi connectivity index (χ0v) is 17.0. The molecule has 1 heterocycles. The number of furan rings is 1. The summed E-state index contributed by atoms with van der Waals surface area (Å²) >= 11 is 3.41. The summed E-state index contributed by atoms with van der Waals surface area (Å²) in [5.74, 6) is 1.06. The average molecular weight is 448 g/mol. The fourth-order valence-electron chi connectivity index (χ4n) is 2.88. The lowest BCUT2D eigenvalue weighted by Crippen LogP contribution is -2.25. The first-order valence-electron chi connectivity index (χ1n) is 9.08. The molecule has 144 valence electrons. The van der Waals surface area contributed by atoms with Gasteiger partial charge in [-0.3, -0.25) is 4.79 Å². The number of rotatable bonds is 6. The van der Waals surface area contributed by atoms with Gasteiger partial charge in [0.2, 0.25) is 0 Å². The predicted octanol–water partition coefficient (Wildman–Crippen LogP) is 5.42. The average Bonchev–Trinajstić information content (AvgIpc) is 3.21. The smallest absolute Gasteiger partial charge is 0.259 e. The Hall–Kier alpha value is -3.38. The van der Waals surface area contributed by atoms with E-state index in [9.17, 15) is 4.79 Å². The van der Waals surface area contributed by atoms with Crippen LogP contribution in [-0.4, -0.2) is 18.7 Å². The van der Waals surface area contributed by atoms with Crippen LogP contribution < -0.4 is 10.7 Å². The molecule has 0 saturated heterocycles. The number of benzene rings is 3. The van der Waals surface area contributed by atoms with Gasteiger partial charge in [0, 0.05) is 15.7 Å². The Morgan fingerprint density at radius 3 is 2.59 bits per heavy atom. The Morgan fingerprint density at radius 1 is 0.966 bits per heavy atom. The molecule has 0 bridgehead atoms. The van der Waals surface area contributed by atoms with E-state index in [0.29, 0.717) is 5.76 Å². The van der Waals surface area contributed by atoms with Gasteiger partial charge in [0.25, 0.3) is 5.91 Å². The number of hydrazone groups is 1. The summed E-state index contributed by atoms with van der Waals surface area (Å²) in [6.07, 6.45) is 1.48. The molecule has 0 spiro atoms. The van der Waals surface area contributed by atoms with Crippen molar-refractivity contribution in [1.82, 2.24) is 5.43 Å². The lowest BCUT2D eigenvalue weighted by atomic mass is 10.1. The molecule has 2 N–H and O–H groups in total. The Labute approximate surface area is 176 Å². The van der Waals surface area contributed by atoms with E-state index in [-0.39, 0.29) is 12.5 Å². The first kappa shape index (κ1) is 19.0. The largest absolute Gasteiger partial charge is 0.455 e. The summed E-state index contributed by atoms with van der Waals surface area (Å²) in [5.41, 5.74) is 4.35. The molecule has 0 aliphatic rings. The van der Waals surface area contributed by atoms with E-state index >= 15 is 0 Å². The number of nitrogens with one attached hydrogen (secondary N) is 2. The molecule has 0 aliphatic heterocycles. The molecule has 29 heavy (non-hydrogen) atoms. The van der Waals surface area contributed by atoms with Gasteiger partial charge in [0.05, 0.1) is 12.8 Å². The van der Waals surface area contributed by atoms with Crippen LogP contribution in [0.2, 0.25) is 0 Å². The quantitative estimate of drug-likeness (QED) is 0.306. The van der Waals surface area contributed by atoms with Crippen molar-refractivity contribution < 1.29 is 9.21 Å². The molecule has 4 aromatic rings. The Kier molecular flexibility index (Phi) is 5.72. The van der Waals surface area contributed by atoms with Crippen molar-refractivity contribution in [1.29, 1.82) is 0 Å². The third-order valence-electron chi connectivity index (χ3n) is 4.34. The molecule has 6 heteroatoms. The normalized spacial score (nSPS) is 11.1. The van der Waals surface area contributed by atoms with Crippen LogP contribution in [0.15, 0.2) is 92.9 Å². The van der Waals surface area contributed by atoms with Crippen molar-refractivity contribution in [3.8, 4) is 11.3 Å². The van der Waals surface area contributed by atoms with Crippen LogP contribution in [-0.2, 0) is 4.79 Å². The van der Waals surface area contributed by atoms with Gasteiger partial charge in [-0.2, -0.15) is 5.10 Å². The highest BCUT2D eigenvalue weighted by Gasteiger charge is 2.04. The second-order valence-electron chi connectivity index (χ2n) is 6.42. The minimum Gasteiger partial charge on any atom is -0.455 e. The molecule has 4 rings (SSSR count). The third-order valence-corrected chi connectivity index (χ3v) is 4.87. The summed E-state index contributed by atoms with van der Waals surface area (Å²) in [6.45, 7) is 0.123. The van der Waals surface area contributed by atoms with Gasteiger partial charge in [0.1, 0.15) is 11.5 Å². The highest BCUT2D eigenvalue weighted by atomic mass is 79.9. The molecule has 0 radical (unpaired) electrons. The fraction of sp³-hybridized carbons (Fsp3) is 0.0435. The fourth-order valence-corrected chi connectivity index (χ4v) is 3.14. The van der Waals surface area contributed by atoms with Gasteiger partial charge in [-0.15, -0.1) is 0 Å². The zero-order valence-electron chi connectivity index (χ0n) is 15.4. The number of fused-ring (bicyclic) bond motifs is 1. The Bertz CT molecular complexity index is 1170. The highest BCUT2D eigenvalue weighted by Crippen LogP contribution is 2.23. The number of halogens is 1. The van der Waals surface area contributed by atoms with Crippen molar-refractivity contribution in [2.24, 2.45) is 5.10 Å². The lowest BCUT2D eigenvalue weighted by molar-refractivity contribution is -0.119. The number of carbonyl (C=O) groups excluding carboxylic acids is 1. The van der Waals surface area contributed by atoms with Gasteiger partial charge in [0.15, 0.2) is 0 Å². The number of hydrogen-bond donors (Lipinski definition) is 2. The topological polar surface area (TPSA) is 66.6 Å². The molecule has 1 amide bonds. The maximum Gasteiger partial charge on any atom is 0.259 e. The maximum absolute atomic E-state index is 12.0. The number of nitrogens with zero attached hydrogens (tertiary/aromatic N) is 1. The van der Waals surface area contributed by atoms with Crippen LogP contribution in [0.5, 0.6) is 0 Å². The van der Waals surface area contributed by atoms with E-state index in [1.165, 1.54) is 6.21 Å². The van der Waals surface area contributed by atoms with Gasteiger partial charge in [-0.25, -0.2) is 5.43 Å². The standard InChI is InChI=1S/C23H18BrN3O2/c24-19-8-5-17(6-9-19)22-12-11-21(29-22)14-26-27-23(28)15-25-20-10-7-16-3-1-2-4-18(16)13-20/h1-14,25H,15H2,(H,27,28). The number of anilines is 1. The van der Waals surface area contributed by atoms with Crippen molar-refractivity contribution in [2.75, 3.05) is 11.9 Å². The number of carbonyl (C=O) groups is 1. The van der Waals surface area contributed by atoms with Gasteiger partial charge < -0.3 is 9.73 Å². The number of amides is 1. The molecule has 0 saturated carbocycles. The van der Waals surface area contributed by atoms with Crippen molar-refractivity contribution in [3.05, 3.63) is 89.1 Å². The van der Waals surface area contributed by atoms with E-state index in [1.54, 1.807) is 6.07 Å². The van der Waals surface area contributed by atoms with Crippen LogP contribution in [0.4, 0.5) is 5.69 Å². The third kappa shape index (κ3) is 4.92. The van der Waals surface area contributed by atoms with Crippen LogP contribution in [0, 0.1) is 0 Å². The molecule has 0 aliphatic carbocycles. The summed E-state index contributed by atoms with van der Waals surface area (Å²) in [7, 11) is 0. The van der Waals surface area contributed by atoms with E-state index in [1.807, 2.05) is 66.7 Å². The van der Waals surface area contributed by atoms with E-state index < -0.39 is 0 Å². The van der Waals surface area contributed by atoms with E-state index in [4.69, 9.17) is 4.42 Å². The van der Waals surface area contributed by atoms with E-state index in [0.717, 1.165) is 32.3 Å². The molecular weight excluding hydrogens is 430 g/mol. The molecule has 0 unspecified atom stereocenters. The number of hydrogen-bond acceptors (Lipinski definition) is 4. The second-order valence-corrected chi connectivity index (χ2v) is 7.33. The van der Waals surface area contributed by atoms with Gasteiger partial charge in [-0.05, 0) is 47.2 Å². The minimum absolute atomic E-state index is 0.123. The summed E-state index contributed by atoms with van der Waals surface area (Å²) in [4.78, 5) is 12.0. The van der Waals surface area contributed by atoms with Crippen LogP contribution >= 0.6 is 15.9 Å².